The van der Waals surface area contributed by atoms with Crippen LogP contribution in [0.25, 0.3) is 0 Å². The molecular formula is C27H25NOP+. The predicted octanol–water partition coefficient (Wildman–Crippen LogP) is 5.47. The third-order valence-electron chi connectivity index (χ3n) is 5.29. The highest BCUT2D eigenvalue weighted by molar-refractivity contribution is 7.98. The van der Waals surface area contributed by atoms with Crippen molar-refractivity contribution in [2.75, 3.05) is 11.9 Å². The molecule has 2 nitrogen and oxygen atoms in total. The molecule has 0 bridgehead atoms. The molecule has 0 atom stereocenters. The Labute approximate surface area is 179 Å². The second-order valence-corrected chi connectivity index (χ2v) is 10.4. The molecule has 0 aromatic heterocycles. The minimum absolute atomic E-state index is 0.242. The van der Waals surface area contributed by atoms with Crippen molar-refractivity contribution >= 4 is 28.9 Å². The lowest BCUT2D eigenvalue weighted by molar-refractivity contribution is 0.399. The summed E-state index contributed by atoms with van der Waals surface area (Å²) in [7, 11) is -0.338. The zero-order chi connectivity index (χ0) is 20.8. The molecule has 0 amide bonds. The molecule has 4 aromatic carbocycles. The van der Waals surface area contributed by atoms with E-state index >= 15 is 0 Å². The van der Waals surface area contributed by atoms with Crippen LogP contribution >= 0.6 is 7.26 Å². The van der Waals surface area contributed by atoms with Crippen LogP contribution in [-0.4, -0.2) is 12.2 Å². The van der Waals surface area contributed by atoms with Crippen LogP contribution in [0.2, 0.25) is 0 Å². The number of aliphatic hydroxyl groups excluding tert-OH is 1. The first-order valence-corrected chi connectivity index (χ1v) is 11.8. The van der Waals surface area contributed by atoms with Crippen LogP contribution in [0, 0.1) is 0 Å². The Kier molecular flexibility index (Phi) is 5.97. The molecule has 1 N–H and O–H groups in total. The third-order valence-corrected chi connectivity index (χ3v) is 9.24. The fourth-order valence-electron chi connectivity index (χ4n) is 3.70. The van der Waals surface area contributed by atoms with Gasteiger partial charge in [0.1, 0.15) is 29.0 Å². The van der Waals surface area contributed by atoms with Crippen LogP contribution < -0.4 is 20.8 Å². The number of anilines is 1. The summed E-state index contributed by atoms with van der Waals surface area (Å²) in [5.41, 5.74) is 0.943. The van der Waals surface area contributed by atoms with Gasteiger partial charge in [-0.15, -0.1) is 0 Å². The summed E-state index contributed by atoms with van der Waals surface area (Å²) in [5.74, 6) is 2.31. The average Bonchev–Trinajstić information content (AvgIpc) is 2.84. The third kappa shape index (κ3) is 3.87. The van der Waals surface area contributed by atoms with Gasteiger partial charge in [-0.25, -0.2) is 0 Å². The minimum atomic E-state index is -2.24. The number of para-hydroxylation sites is 1. The second-order valence-electron chi connectivity index (χ2n) is 7.11. The summed E-state index contributed by atoms with van der Waals surface area (Å²) in [4.78, 5) is 1.84. The quantitative estimate of drug-likeness (QED) is 0.336. The smallest absolute Gasteiger partial charge is 0.228 e. The van der Waals surface area contributed by atoms with E-state index in [-0.39, 0.29) is 5.88 Å². The predicted molar refractivity (Wildman–Crippen MR) is 131 cm³/mol. The highest BCUT2D eigenvalue weighted by Gasteiger charge is 2.45. The second kappa shape index (κ2) is 8.98. The first kappa shape index (κ1) is 19.9. The fourth-order valence-corrected chi connectivity index (χ4v) is 7.49. The molecular weight excluding hydrogens is 385 g/mol. The number of aliphatic hydroxyl groups is 1. The summed E-state index contributed by atoms with van der Waals surface area (Å²) < 4.78 is 0. The zero-order valence-electron chi connectivity index (χ0n) is 17.0. The van der Waals surface area contributed by atoms with Gasteiger partial charge in [-0.3, -0.25) is 0 Å². The summed E-state index contributed by atoms with van der Waals surface area (Å²) in [5, 5.41) is 14.9. The Morgan fingerprint density at radius 3 is 1.30 bits per heavy atom. The monoisotopic (exact) mass is 410 g/mol. The molecule has 3 heteroatoms. The van der Waals surface area contributed by atoms with E-state index in [1.54, 1.807) is 0 Å². The maximum absolute atomic E-state index is 11.3. The van der Waals surface area contributed by atoms with E-state index < -0.39 is 7.26 Å². The SMILES string of the molecule is CN(/C(O)=C/[P+](c1ccccc1)(c1ccccc1)c1ccccc1)c1ccccc1. The van der Waals surface area contributed by atoms with Gasteiger partial charge in [-0.05, 0) is 48.5 Å². The molecule has 148 valence electrons. The molecule has 4 aromatic rings. The van der Waals surface area contributed by atoms with E-state index in [0.29, 0.717) is 0 Å². The minimum Gasteiger partial charge on any atom is -0.492 e. The van der Waals surface area contributed by atoms with Crippen molar-refractivity contribution in [2.24, 2.45) is 0 Å². The molecule has 0 radical (unpaired) electrons. The molecule has 0 aliphatic heterocycles. The van der Waals surface area contributed by atoms with Crippen molar-refractivity contribution in [3.8, 4) is 0 Å². The van der Waals surface area contributed by atoms with Gasteiger partial charge in [0.15, 0.2) is 0 Å². The van der Waals surface area contributed by atoms with Gasteiger partial charge in [-0.2, -0.15) is 0 Å². The van der Waals surface area contributed by atoms with Crippen LogP contribution in [-0.2, 0) is 0 Å². The van der Waals surface area contributed by atoms with Crippen molar-refractivity contribution < 1.29 is 5.11 Å². The Bertz CT molecular complexity index is 1000. The molecule has 0 saturated heterocycles. The summed E-state index contributed by atoms with van der Waals surface area (Å²) in [6.45, 7) is 0. The highest BCUT2D eigenvalue weighted by atomic mass is 31.2. The van der Waals surface area contributed by atoms with E-state index in [0.717, 1.165) is 5.69 Å². The molecule has 4 rings (SSSR count). The van der Waals surface area contributed by atoms with Crippen molar-refractivity contribution in [3.05, 3.63) is 133 Å². The first-order valence-electron chi connectivity index (χ1n) is 9.98. The van der Waals surface area contributed by atoms with Gasteiger partial charge in [0.05, 0.1) is 0 Å². The van der Waals surface area contributed by atoms with E-state index in [1.165, 1.54) is 15.9 Å². The molecule has 0 aliphatic rings. The lowest BCUT2D eigenvalue weighted by Gasteiger charge is -2.26. The molecule has 0 spiro atoms. The number of nitrogens with zero attached hydrogens (tertiary/aromatic N) is 1. The zero-order valence-corrected chi connectivity index (χ0v) is 17.9. The molecule has 0 unspecified atom stereocenters. The summed E-state index contributed by atoms with van der Waals surface area (Å²) in [6, 6.07) is 41.5. The maximum atomic E-state index is 11.3. The molecule has 0 aliphatic carbocycles. The van der Waals surface area contributed by atoms with Gasteiger partial charge in [0.25, 0.3) is 0 Å². The van der Waals surface area contributed by atoms with Crippen molar-refractivity contribution in [1.29, 1.82) is 0 Å². The Morgan fingerprint density at radius 2 is 0.933 bits per heavy atom. The van der Waals surface area contributed by atoms with Gasteiger partial charge >= 0.3 is 0 Å². The fraction of sp³-hybridized carbons (Fsp3) is 0.0370. The molecule has 0 fully saturated rings. The number of benzene rings is 4. The van der Waals surface area contributed by atoms with Gasteiger partial charge < -0.3 is 10.0 Å². The van der Waals surface area contributed by atoms with Gasteiger partial charge in [-0.1, -0.05) is 72.8 Å². The number of rotatable bonds is 6. The maximum Gasteiger partial charge on any atom is 0.228 e. The Hall–Kier alpha value is -3.35. The lowest BCUT2D eigenvalue weighted by Crippen LogP contribution is -2.31. The number of hydrogen-bond acceptors (Lipinski definition) is 2. The first-order chi connectivity index (χ1) is 14.7. The standard InChI is InChI=1S/C27H24NOP/c1-28(23-14-6-2-7-15-23)27(29)22-30(24-16-8-3-9-17-24,25-18-10-4-11-19-25)26-20-12-5-13-21-26/h2-22H,1H3/p+1/b27-22-. The van der Waals surface area contributed by atoms with Crippen molar-refractivity contribution in [2.45, 2.75) is 0 Å². The van der Waals surface area contributed by atoms with Crippen LogP contribution in [0.3, 0.4) is 0 Å². The Balaban J connectivity index is 1.98. The van der Waals surface area contributed by atoms with Crippen LogP contribution in [0.4, 0.5) is 5.69 Å². The topological polar surface area (TPSA) is 23.5 Å². The molecule has 0 saturated carbocycles. The summed E-state index contributed by atoms with van der Waals surface area (Å²) >= 11 is 0. The average molecular weight is 410 g/mol. The molecule has 0 heterocycles. The number of hydrogen-bond donors (Lipinski definition) is 1. The Morgan fingerprint density at radius 1 is 0.600 bits per heavy atom. The lowest BCUT2D eigenvalue weighted by atomic mass is 10.3. The van der Waals surface area contributed by atoms with Crippen molar-refractivity contribution in [1.82, 2.24) is 0 Å². The van der Waals surface area contributed by atoms with Crippen LogP contribution in [0.5, 0.6) is 0 Å². The van der Waals surface area contributed by atoms with Crippen LogP contribution in [0.15, 0.2) is 133 Å². The van der Waals surface area contributed by atoms with Crippen LogP contribution in [0.1, 0.15) is 0 Å². The normalized spacial score (nSPS) is 11.8. The van der Waals surface area contributed by atoms with E-state index in [4.69, 9.17) is 0 Å². The van der Waals surface area contributed by atoms with Crippen molar-refractivity contribution in [3.63, 3.8) is 0 Å². The van der Waals surface area contributed by atoms with E-state index in [1.807, 2.05) is 60.5 Å². The van der Waals surface area contributed by atoms with Gasteiger partial charge in [0, 0.05) is 12.7 Å². The largest absolute Gasteiger partial charge is 0.492 e. The van der Waals surface area contributed by atoms with Gasteiger partial charge in [0.2, 0.25) is 5.88 Å². The highest BCUT2D eigenvalue weighted by Crippen LogP contribution is 2.57. The van der Waals surface area contributed by atoms with E-state index in [9.17, 15) is 5.11 Å². The van der Waals surface area contributed by atoms with E-state index in [2.05, 4.69) is 78.6 Å². The summed E-state index contributed by atoms with van der Waals surface area (Å²) in [6.07, 6.45) is 0. The molecule has 30 heavy (non-hydrogen) atoms.